The number of rotatable bonds is 5. The van der Waals surface area contributed by atoms with Gasteiger partial charge in [0.15, 0.2) is 0 Å². The van der Waals surface area contributed by atoms with E-state index < -0.39 is 32.5 Å². The summed E-state index contributed by atoms with van der Waals surface area (Å²) in [6, 6.07) is 4.71. The minimum Gasteiger partial charge on any atom is -0.545 e. The van der Waals surface area contributed by atoms with E-state index in [0.29, 0.717) is 0 Å². The Morgan fingerprint density at radius 1 is 1.24 bits per heavy atom. The van der Waals surface area contributed by atoms with Crippen LogP contribution in [0, 0.1) is 0 Å². The van der Waals surface area contributed by atoms with Crippen molar-refractivity contribution in [3.63, 3.8) is 0 Å². The number of anilines is 1. The zero-order valence-corrected chi connectivity index (χ0v) is 14.1. The molecular formula is C13H10ClN4O6S-. The maximum Gasteiger partial charge on any atom is 0.335 e. The number of sulfonamides is 1. The van der Waals surface area contributed by atoms with Crippen LogP contribution in [0.2, 0.25) is 5.15 Å². The predicted molar refractivity (Wildman–Crippen MR) is 83.7 cm³/mol. The van der Waals surface area contributed by atoms with E-state index in [4.69, 9.17) is 16.3 Å². The molecule has 0 aliphatic heterocycles. The lowest BCUT2D eigenvalue weighted by molar-refractivity contribution is -0.255. The molecule has 132 valence electrons. The van der Waals surface area contributed by atoms with E-state index in [0.717, 1.165) is 12.1 Å². The van der Waals surface area contributed by atoms with E-state index >= 15 is 0 Å². The monoisotopic (exact) mass is 385 g/mol. The molecule has 2 N–H and O–H groups in total. The summed E-state index contributed by atoms with van der Waals surface area (Å²) < 4.78 is 30.9. The zero-order chi connectivity index (χ0) is 18.6. The van der Waals surface area contributed by atoms with Crippen molar-refractivity contribution in [2.24, 2.45) is 0 Å². The molecule has 25 heavy (non-hydrogen) atoms. The lowest BCUT2D eigenvalue weighted by Crippen LogP contribution is -2.36. The van der Waals surface area contributed by atoms with E-state index in [9.17, 15) is 23.1 Å². The molecule has 1 aromatic carbocycles. The van der Waals surface area contributed by atoms with Gasteiger partial charge in [0, 0.05) is 11.6 Å². The van der Waals surface area contributed by atoms with Crippen molar-refractivity contribution in [3.8, 4) is 5.88 Å². The molecule has 1 heterocycles. The molecule has 0 aliphatic carbocycles. The van der Waals surface area contributed by atoms with Crippen molar-refractivity contribution in [1.29, 1.82) is 0 Å². The van der Waals surface area contributed by atoms with Crippen LogP contribution in [-0.2, 0) is 10.0 Å². The molecule has 0 spiro atoms. The SMILES string of the molecule is COc1cc(Cl)nc(NC(=O)NS(=O)(=O)c2ccccc2C(=O)[O-])n1. The van der Waals surface area contributed by atoms with Crippen molar-refractivity contribution in [1.82, 2.24) is 14.7 Å². The molecule has 0 radical (unpaired) electrons. The molecule has 12 heteroatoms. The van der Waals surface area contributed by atoms with Crippen LogP contribution in [0.3, 0.4) is 0 Å². The summed E-state index contributed by atoms with van der Waals surface area (Å²) in [7, 11) is -3.17. The third-order valence-corrected chi connectivity index (χ3v) is 4.31. The highest BCUT2D eigenvalue weighted by Gasteiger charge is 2.22. The van der Waals surface area contributed by atoms with E-state index in [-0.39, 0.29) is 17.0 Å². The summed E-state index contributed by atoms with van der Waals surface area (Å²) in [5, 5.41) is 13.0. The molecule has 0 aliphatic rings. The van der Waals surface area contributed by atoms with Crippen molar-refractivity contribution >= 4 is 39.6 Å². The van der Waals surface area contributed by atoms with Crippen molar-refractivity contribution in [3.05, 3.63) is 41.0 Å². The van der Waals surface area contributed by atoms with Crippen LogP contribution in [0.5, 0.6) is 5.88 Å². The second kappa shape index (κ2) is 7.32. The smallest absolute Gasteiger partial charge is 0.335 e. The Labute approximate surface area is 146 Å². The van der Waals surface area contributed by atoms with Crippen molar-refractivity contribution in [2.75, 3.05) is 12.4 Å². The minimum absolute atomic E-state index is 0.0421. The highest BCUT2D eigenvalue weighted by molar-refractivity contribution is 7.90. The molecule has 0 atom stereocenters. The fourth-order valence-electron chi connectivity index (χ4n) is 1.73. The maximum absolute atomic E-state index is 12.2. The predicted octanol–water partition coefficient (Wildman–Crippen LogP) is 0.0125. The van der Waals surface area contributed by atoms with E-state index in [2.05, 4.69) is 15.3 Å². The molecule has 0 fully saturated rings. The third-order valence-electron chi connectivity index (χ3n) is 2.73. The Kier molecular flexibility index (Phi) is 5.39. The maximum atomic E-state index is 12.2. The number of carboxylic acid groups (broad SMARTS) is 1. The molecule has 0 saturated heterocycles. The highest BCUT2D eigenvalue weighted by Crippen LogP contribution is 2.17. The number of benzene rings is 1. The number of methoxy groups -OCH3 is 1. The lowest BCUT2D eigenvalue weighted by atomic mass is 10.2. The van der Waals surface area contributed by atoms with Gasteiger partial charge in [0.05, 0.1) is 18.0 Å². The average molecular weight is 386 g/mol. The Balaban J connectivity index is 2.23. The average Bonchev–Trinajstić information content (AvgIpc) is 2.53. The Morgan fingerprint density at radius 3 is 2.56 bits per heavy atom. The third kappa shape index (κ3) is 4.55. The molecule has 2 amide bonds. The summed E-state index contributed by atoms with van der Waals surface area (Å²) in [5.74, 6) is -1.98. The van der Waals surface area contributed by atoms with Crippen LogP contribution in [-0.4, -0.2) is 37.5 Å². The van der Waals surface area contributed by atoms with E-state index in [1.807, 2.05) is 0 Å². The molecule has 0 bridgehead atoms. The van der Waals surface area contributed by atoms with Gasteiger partial charge in [-0.1, -0.05) is 29.8 Å². The summed E-state index contributed by atoms with van der Waals surface area (Å²) >= 11 is 5.70. The Morgan fingerprint density at radius 2 is 1.92 bits per heavy atom. The fraction of sp³-hybridized carbons (Fsp3) is 0.0769. The first-order valence-electron chi connectivity index (χ1n) is 6.45. The van der Waals surface area contributed by atoms with Gasteiger partial charge in [-0.05, 0) is 6.07 Å². The summed E-state index contributed by atoms with van der Waals surface area (Å²) in [4.78, 5) is 29.7. The number of nitrogens with zero attached hydrogens (tertiary/aromatic N) is 2. The van der Waals surface area contributed by atoms with Crippen molar-refractivity contribution < 1.29 is 27.9 Å². The molecule has 10 nitrogen and oxygen atoms in total. The van der Waals surface area contributed by atoms with Gasteiger partial charge in [0.1, 0.15) is 5.15 Å². The van der Waals surface area contributed by atoms with Gasteiger partial charge in [0.25, 0.3) is 10.0 Å². The number of carboxylic acids is 1. The first-order valence-corrected chi connectivity index (χ1v) is 8.32. The van der Waals surface area contributed by atoms with Gasteiger partial charge < -0.3 is 14.6 Å². The molecular weight excluding hydrogens is 376 g/mol. The molecule has 0 unspecified atom stereocenters. The van der Waals surface area contributed by atoms with Crippen LogP contribution >= 0.6 is 11.6 Å². The highest BCUT2D eigenvalue weighted by atomic mass is 35.5. The summed E-state index contributed by atoms with van der Waals surface area (Å²) in [6.07, 6.45) is 0. The first-order chi connectivity index (χ1) is 11.7. The van der Waals surface area contributed by atoms with E-state index in [1.54, 1.807) is 4.72 Å². The van der Waals surface area contributed by atoms with Gasteiger partial charge in [0.2, 0.25) is 11.8 Å². The van der Waals surface area contributed by atoms with Gasteiger partial charge in [-0.2, -0.15) is 4.98 Å². The quantitative estimate of drug-likeness (QED) is 0.683. The number of ether oxygens (including phenoxy) is 1. The molecule has 1 aromatic heterocycles. The normalized spacial score (nSPS) is 10.8. The van der Waals surface area contributed by atoms with Gasteiger partial charge in [-0.3, -0.25) is 5.32 Å². The minimum atomic E-state index is -4.48. The topological polar surface area (TPSA) is 150 Å². The number of aromatic carboxylic acids is 1. The van der Waals surface area contributed by atoms with Crippen LogP contribution in [0.25, 0.3) is 0 Å². The number of urea groups is 1. The lowest BCUT2D eigenvalue weighted by Gasteiger charge is -2.12. The number of hydrogen-bond acceptors (Lipinski definition) is 8. The number of aromatic nitrogens is 2. The van der Waals surface area contributed by atoms with Crippen molar-refractivity contribution in [2.45, 2.75) is 4.90 Å². The molecule has 2 aromatic rings. The Bertz CT molecular complexity index is 934. The van der Waals surface area contributed by atoms with Gasteiger partial charge in [-0.15, -0.1) is 0 Å². The zero-order valence-electron chi connectivity index (χ0n) is 12.5. The number of carbonyl (C=O) groups is 2. The second-order valence-corrected chi connectivity index (χ2v) is 6.44. The number of amides is 2. The number of carbonyl (C=O) groups excluding carboxylic acids is 2. The summed E-state index contributed by atoms with van der Waals surface area (Å²) in [5.41, 5.74) is -0.594. The number of halogens is 1. The number of nitrogens with one attached hydrogen (secondary N) is 2. The molecule has 0 saturated carbocycles. The van der Waals surface area contributed by atoms with Crippen LogP contribution in [0.15, 0.2) is 35.2 Å². The largest absolute Gasteiger partial charge is 0.545 e. The Hall–Kier alpha value is -2.92. The van der Waals surface area contributed by atoms with Crippen LogP contribution < -0.4 is 19.9 Å². The first kappa shape index (κ1) is 18.4. The van der Waals surface area contributed by atoms with Gasteiger partial charge in [-0.25, -0.2) is 22.9 Å². The summed E-state index contributed by atoms with van der Waals surface area (Å²) in [6.45, 7) is 0. The standard InChI is InChI=1S/C13H11ClN4O6S/c1-24-10-6-9(14)15-12(16-10)17-13(21)18-25(22,23)8-5-3-2-4-7(8)11(19)20/h2-6H,1H3,(H,19,20)(H2,15,16,17,18,21)/p-1. The molecule has 2 rings (SSSR count). The number of hydrogen-bond donors (Lipinski definition) is 2. The van der Waals surface area contributed by atoms with Crippen LogP contribution in [0.4, 0.5) is 10.7 Å². The van der Waals surface area contributed by atoms with Crippen LogP contribution in [0.1, 0.15) is 10.4 Å². The van der Waals surface area contributed by atoms with Gasteiger partial charge >= 0.3 is 6.03 Å². The van der Waals surface area contributed by atoms with E-state index in [1.165, 1.54) is 25.3 Å². The second-order valence-electron chi connectivity index (χ2n) is 4.40. The fourth-order valence-corrected chi connectivity index (χ4v) is 3.01.